The van der Waals surface area contributed by atoms with Crippen LogP contribution in [0.1, 0.15) is 24.5 Å². The van der Waals surface area contributed by atoms with E-state index in [-0.39, 0.29) is 12.1 Å². The summed E-state index contributed by atoms with van der Waals surface area (Å²) in [6, 6.07) is 11.8. The molecule has 0 aliphatic rings. The van der Waals surface area contributed by atoms with Crippen molar-refractivity contribution < 1.29 is 19.2 Å². The van der Waals surface area contributed by atoms with Gasteiger partial charge in [0.1, 0.15) is 18.2 Å². The lowest BCUT2D eigenvalue weighted by atomic mass is 9.80. The molecule has 0 fully saturated rings. The van der Waals surface area contributed by atoms with Gasteiger partial charge >= 0.3 is 7.12 Å². The molecule has 0 radical (unpaired) electrons. The quantitative estimate of drug-likeness (QED) is 0.800. The molecular weight excluding hydrogens is 270 g/mol. The van der Waals surface area contributed by atoms with E-state index in [0.29, 0.717) is 11.3 Å². The molecule has 0 saturated heterocycles. The van der Waals surface area contributed by atoms with E-state index in [4.69, 9.17) is 14.8 Å². The van der Waals surface area contributed by atoms with Crippen molar-refractivity contribution in [2.75, 3.05) is 0 Å². The molecule has 21 heavy (non-hydrogen) atoms. The Morgan fingerprint density at radius 3 is 2.38 bits per heavy atom. The van der Waals surface area contributed by atoms with E-state index in [1.54, 1.807) is 0 Å². The molecule has 0 saturated carbocycles. The molecule has 0 bridgehead atoms. The fourth-order valence-corrected chi connectivity index (χ4v) is 2.04. The Morgan fingerprint density at radius 1 is 1.10 bits per heavy atom. The van der Waals surface area contributed by atoms with Gasteiger partial charge in [-0.05, 0) is 35.6 Å². The minimum atomic E-state index is -1.67. The van der Waals surface area contributed by atoms with Gasteiger partial charge in [0, 0.05) is 5.56 Å². The Kier molecular flexibility index (Phi) is 5.36. The first-order valence-electron chi connectivity index (χ1n) is 6.96. The van der Waals surface area contributed by atoms with E-state index in [9.17, 15) is 4.39 Å². The summed E-state index contributed by atoms with van der Waals surface area (Å²) >= 11 is 0. The molecule has 0 atom stereocenters. The van der Waals surface area contributed by atoms with Crippen LogP contribution in [-0.2, 0) is 13.0 Å². The summed E-state index contributed by atoms with van der Waals surface area (Å²) in [5.74, 6) is 0.170. The SMILES string of the molecule is CCCc1ccc(OCc2ccc(B(O)O)cc2F)cc1. The molecule has 2 N–H and O–H groups in total. The largest absolute Gasteiger partial charge is 0.489 e. The lowest BCUT2D eigenvalue weighted by Gasteiger charge is -2.09. The summed E-state index contributed by atoms with van der Waals surface area (Å²) in [6.07, 6.45) is 2.12. The molecule has 0 aromatic heterocycles. The maximum atomic E-state index is 13.8. The average Bonchev–Trinajstić information content (AvgIpc) is 2.47. The highest BCUT2D eigenvalue weighted by atomic mass is 19.1. The van der Waals surface area contributed by atoms with Crippen LogP contribution < -0.4 is 10.2 Å². The Morgan fingerprint density at radius 2 is 1.81 bits per heavy atom. The second-order valence-corrected chi connectivity index (χ2v) is 4.91. The Balaban J connectivity index is 1.99. The highest BCUT2D eigenvalue weighted by molar-refractivity contribution is 6.58. The lowest BCUT2D eigenvalue weighted by Crippen LogP contribution is -2.30. The van der Waals surface area contributed by atoms with Crippen LogP contribution in [0.2, 0.25) is 0 Å². The summed E-state index contributed by atoms with van der Waals surface area (Å²) in [4.78, 5) is 0. The van der Waals surface area contributed by atoms with Crippen LogP contribution in [0.25, 0.3) is 0 Å². The number of hydrogen-bond donors (Lipinski definition) is 2. The molecule has 0 spiro atoms. The zero-order chi connectivity index (χ0) is 15.2. The predicted octanol–water partition coefficient (Wildman–Crippen LogP) is 2.04. The van der Waals surface area contributed by atoms with Crippen molar-refractivity contribution in [1.29, 1.82) is 0 Å². The molecule has 5 heteroatoms. The average molecular weight is 288 g/mol. The molecule has 2 aromatic rings. The molecule has 2 rings (SSSR count). The van der Waals surface area contributed by atoms with Crippen LogP contribution >= 0.6 is 0 Å². The lowest BCUT2D eigenvalue weighted by molar-refractivity contribution is 0.300. The van der Waals surface area contributed by atoms with E-state index in [1.807, 2.05) is 24.3 Å². The Labute approximate surface area is 124 Å². The topological polar surface area (TPSA) is 49.7 Å². The van der Waals surface area contributed by atoms with Crippen LogP contribution in [0.4, 0.5) is 4.39 Å². The van der Waals surface area contributed by atoms with Crippen LogP contribution in [0.5, 0.6) is 5.75 Å². The predicted molar refractivity (Wildman–Crippen MR) is 81.0 cm³/mol. The summed E-state index contributed by atoms with van der Waals surface area (Å²) in [7, 11) is -1.67. The van der Waals surface area contributed by atoms with Crippen LogP contribution in [-0.4, -0.2) is 17.2 Å². The van der Waals surface area contributed by atoms with Gasteiger partial charge < -0.3 is 14.8 Å². The van der Waals surface area contributed by atoms with Gasteiger partial charge in [-0.15, -0.1) is 0 Å². The van der Waals surface area contributed by atoms with Crippen molar-refractivity contribution >= 4 is 12.6 Å². The van der Waals surface area contributed by atoms with E-state index in [0.717, 1.165) is 18.9 Å². The number of rotatable bonds is 6. The number of benzene rings is 2. The van der Waals surface area contributed by atoms with Crippen molar-refractivity contribution in [3.8, 4) is 5.75 Å². The Hall–Kier alpha value is -1.85. The smallest absolute Gasteiger partial charge is 0.488 e. The zero-order valence-corrected chi connectivity index (χ0v) is 11.9. The van der Waals surface area contributed by atoms with Crippen LogP contribution in [0, 0.1) is 5.82 Å². The first-order chi connectivity index (χ1) is 10.1. The summed E-state index contributed by atoms with van der Waals surface area (Å²) < 4.78 is 19.3. The molecule has 0 unspecified atom stereocenters. The van der Waals surface area contributed by atoms with E-state index >= 15 is 0 Å². The minimum Gasteiger partial charge on any atom is -0.489 e. The van der Waals surface area contributed by atoms with Gasteiger partial charge in [-0.1, -0.05) is 37.6 Å². The second-order valence-electron chi connectivity index (χ2n) is 4.91. The minimum absolute atomic E-state index is 0.0980. The highest BCUT2D eigenvalue weighted by Crippen LogP contribution is 2.16. The zero-order valence-electron chi connectivity index (χ0n) is 11.9. The molecule has 0 aliphatic carbocycles. The molecule has 110 valence electrons. The van der Waals surface area contributed by atoms with Gasteiger partial charge in [0.25, 0.3) is 0 Å². The summed E-state index contributed by atoms with van der Waals surface area (Å²) in [6.45, 7) is 2.22. The fraction of sp³-hybridized carbons (Fsp3) is 0.250. The van der Waals surface area contributed by atoms with Gasteiger partial charge in [0.05, 0.1) is 0 Å². The summed E-state index contributed by atoms with van der Waals surface area (Å²) in [5, 5.41) is 17.9. The summed E-state index contributed by atoms with van der Waals surface area (Å²) in [5.41, 5.74) is 1.74. The van der Waals surface area contributed by atoms with E-state index < -0.39 is 12.9 Å². The van der Waals surface area contributed by atoms with Gasteiger partial charge in [0.2, 0.25) is 0 Å². The van der Waals surface area contributed by atoms with Crippen molar-refractivity contribution in [3.05, 3.63) is 59.4 Å². The maximum Gasteiger partial charge on any atom is 0.488 e. The number of ether oxygens (including phenoxy) is 1. The number of hydrogen-bond acceptors (Lipinski definition) is 3. The van der Waals surface area contributed by atoms with Crippen molar-refractivity contribution in [1.82, 2.24) is 0 Å². The first kappa shape index (κ1) is 15.5. The normalized spacial score (nSPS) is 10.5. The molecule has 3 nitrogen and oxygen atoms in total. The van der Waals surface area contributed by atoms with Gasteiger partial charge in [-0.2, -0.15) is 0 Å². The van der Waals surface area contributed by atoms with Gasteiger partial charge in [0.15, 0.2) is 0 Å². The van der Waals surface area contributed by atoms with E-state index in [1.165, 1.54) is 17.7 Å². The van der Waals surface area contributed by atoms with Crippen molar-refractivity contribution in [2.24, 2.45) is 0 Å². The molecule has 0 amide bonds. The first-order valence-corrected chi connectivity index (χ1v) is 6.96. The molecule has 0 heterocycles. The fourth-order valence-electron chi connectivity index (χ4n) is 2.04. The third kappa shape index (κ3) is 4.31. The molecule has 0 aliphatic heterocycles. The Bertz CT molecular complexity index is 585. The molecular formula is C16H18BFO3. The number of halogens is 1. The van der Waals surface area contributed by atoms with Crippen LogP contribution in [0.3, 0.4) is 0 Å². The van der Waals surface area contributed by atoms with Gasteiger partial charge in [-0.3, -0.25) is 0 Å². The van der Waals surface area contributed by atoms with Crippen LogP contribution in [0.15, 0.2) is 42.5 Å². The van der Waals surface area contributed by atoms with Crippen molar-refractivity contribution in [3.63, 3.8) is 0 Å². The molecule has 2 aromatic carbocycles. The third-order valence-electron chi connectivity index (χ3n) is 3.23. The van der Waals surface area contributed by atoms with Gasteiger partial charge in [-0.25, -0.2) is 4.39 Å². The highest BCUT2D eigenvalue weighted by Gasteiger charge is 2.13. The third-order valence-corrected chi connectivity index (χ3v) is 3.23. The standard InChI is InChI=1S/C16H18BFO3/c1-2-3-12-4-8-15(9-5-12)21-11-13-6-7-14(17(19)20)10-16(13)18/h4-10,19-20H,2-3,11H2,1H3. The monoisotopic (exact) mass is 288 g/mol. The second kappa shape index (κ2) is 7.25. The van der Waals surface area contributed by atoms with E-state index in [2.05, 4.69) is 6.92 Å². The maximum absolute atomic E-state index is 13.8. The van der Waals surface area contributed by atoms with Crippen molar-refractivity contribution in [2.45, 2.75) is 26.4 Å². The number of aryl methyl sites for hydroxylation is 1.